The molecule has 132 valence electrons. The molecule has 0 aromatic heterocycles. The number of amides is 3. The molecule has 1 heterocycles. The number of rotatable bonds is 4. The van der Waals surface area contributed by atoms with Crippen LogP contribution in [0.3, 0.4) is 0 Å². The molecule has 0 radical (unpaired) electrons. The van der Waals surface area contributed by atoms with Gasteiger partial charge < -0.3 is 15.1 Å². The van der Waals surface area contributed by atoms with Crippen molar-refractivity contribution < 1.29 is 14.0 Å². The standard InChI is InChI=1S/C17H23BrFN3O2/c1-3-21(4-2)17(24)22-9-7-12(8-10-22)16(23)20-15-6-5-13(18)11-14(15)19/h5-6,11-12H,3-4,7-10H2,1-2H3,(H,20,23). The number of urea groups is 1. The van der Waals surface area contributed by atoms with Crippen LogP contribution in [0.1, 0.15) is 26.7 Å². The molecule has 0 unspecified atom stereocenters. The molecule has 1 aromatic carbocycles. The molecule has 0 bridgehead atoms. The molecule has 1 N–H and O–H groups in total. The lowest BCUT2D eigenvalue weighted by Gasteiger charge is -2.34. The van der Waals surface area contributed by atoms with E-state index in [0.717, 1.165) is 0 Å². The van der Waals surface area contributed by atoms with E-state index in [9.17, 15) is 14.0 Å². The summed E-state index contributed by atoms with van der Waals surface area (Å²) in [5, 5.41) is 2.65. The van der Waals surface area contributed by atoms with Crippen molar-refractivity contribution in [2.75, 3.05) is 31.5 Å². The van der Waals surface area contributed by atoms with Gasteiger partial charge in [-0.15, -0.1) is 0 Å². The van der Waals surface area contributed by atoms with E-state index in [0.29, 0.717) is 43.5 Å². The lowest BCUT2D eigenvalue weighted by atomic mass is 9.96. The average molecular weight is 400 g/mol. The molecule has 0 atom stereocenters. The van der Waals surface area contributed by atoms with Crippen LogP contribution < -0.4 is 5.32 Å². The third-order valence-electron chi connectivity index (χ3n) is 4.36. The third-order valence-corrected chi connectivity index (χ3v) is 4.85. The van der Waals surface area contributed by atoms with E-state index in [1.807, 2.05) is 13.8 Å². The predicted molar refractivity (Wildman–Crippen MR) is 95.3 cm³/mol. The monoisotopic (exact) mass is 399 g/mol. The fourth-order valence-electron chi connectivity index (χ4n) is 2.85. The van der Waals surface area contributed by atoms with Crippen LogP contribution in [-0.4, -0.2) is 47.9 Å². The van der Waals surface area contributed by atoms with Gasteiger partial charge in [0.25, 0.3) is 0 Å². The number of anilines is 1. The number of nitrogens with one attached hydrogen (secondary N) is 1. The second kappa shape index (κ2) is 8.46. The van der Waals surface area contributed by atoms with Gasteiger partial charge in [0.15, 0.2) is 0 Å². The highest BCUT2D eigenvalue weighted by atomic mass is 79.9. The Morgan fingerprint density at radius 3 is 2.46 bits per heavy atom. The highest BCUT2D eigenvalue weighted by molar-refractivity contribution is 9.10. The van der Waals surface area contributed by atoms with Gasteiger partial charge in [-0.2, -0.15) is 0 Å². The summed E-state index contributed by atoms with van der Waals surface area (Å²) < 4.78 is 14.4. The minimum absolute atomic E-state index is 0.0258. The molecule has 0 aliphatic carbocycles. The fraction of sp³-hybridized carbons (Fsp3) is 0.529. The van der Waals surface area contributed by atoms with E-state index in [1.54, 1.807) is 15.9 Å². The molecule has 1 fully saturated rings. The molecule has 5 nitrogen and oxygen atoms in total. The number of piperidine rings is 1. The molecule has 1 aliphatic heterocycles. The molecule has 0 spiro atoms. The Morgan fingerprint density at radius 2 is 1.92 bits per heavy atom. The first-order valence-electron chi connectivity index (χ1n) is 8.26. The molecule has 0 saturated carbocycles. The highest BCUT2D eigenvalue weighted by Crippen LogP contribution is 2.23. The van der Waals surface area contributed by atoms with Crippen LogP contribution in [0.4, 0.5) is 14.9 Å². The Kier molecular flexibility index (Phi) is 6.60. The van der Waals surface area contributed by atoms with Gasteiger partial charge in [-0.3, -0.25) is 4.79 Å². The summed E-state index contributed by atoms with van der Waals surface area (Å²) in [6, 6.07) is 4.57. The van der Waals surface area contributed by atoms with Crippen LogP contribution in [0.2, 0.25) is 0 Å². The van der Waals surface area contributed by atoms with Gasteiger partial charge in [0.1, 0.15) is 5.82 Å². The molecular weight excluding hydrogens is 377 g/mol. The molecule has 1 aromatic rings. The number of halogens is 2. The molecule has 3 amide bonds. The van der Waals surface area contributed by atoms with E-state index >= 15 is 0 Å². The summed E-state index contributed by atoms with van der Waals surface area (Å²) in [7, 11) is 0. The van der Waals surface area contributed by atoms with Gasteiger partial charge in [-0.05, 0) is 44.9 Å². The Bertz CT molecular complexity index is 599. The first kappa shape index (κ1) is 18.7. The van der Waals surface area contributed by atoms with E-state index in [1.165, 1.54) is 12.1 Å². The van der Waals surface area contributed by atoms with Crippen molar-refractivity contribution >= 4 is 33.6 Å². The number of nitrogens with zero attached hydrogens (tertiary/aromatic N) is 2. The van der Waals surface area contributed by atoms with Gasteiger partial charge in [0.05, 0.1) is 5.69 Å². The topological polar surface area (TPSA) is 52.7 Å². The van der Waals surface area contributed by atoms with Gasteiger partial charge in [-0.25, -0.2) is 9.18 Å². The highest BCUT2D eigenvalue weighted by Gasteiger charge is 2.29. The number of hydrogen-bond acceptors (Lipinski definition) is 2. The number of benzene rings is 1. The maximum atomic E-state index is 13.8. The van der Waals surface area contributed by atoms with Crippen molar-refractivity contribution in [3.63, 3.8) is 0 Å². The van der Waals surface area contributed by atoms with Crippen molar-refractivity contribution in [3.05, 3.63) is 28.5 Å². The normalized spacial score (nSPS) is 15.2. The first-order valence-corrected chi connectivity index (χ1v) is 9.05. The number of carbonyl (C=O) groups is 2. The smallest absolute Gasteiger partial charge is 0.319 e. The summed E-state index contributed by atoms with van der Waals surface area (Å²) in [6.07, 6.45) is 1.19. The average Bonchev–Trinajstić information content (AvgIpc) is 2.58. The molecular formula is C17H23BrFN3O2. The van der Waals surface area contributed by atoms with Crippen LogP contribution in [0, 0.1) is 11.7 Å². The van der Waals surface area contributed by atoms with Crippen LogP contribution in [0.5, 0.6) is 0 Å². The summed E-state index contributed by atoms with van der Waals surface area (Å²) in [4.78, 5) is 28.2. The Labute approximate surface area is 150 Å². The van der Waals surface area contributed by atoms with Crippen LogP contribution in [0.25, 0.3) is 0 Å². The molecule has 24 heavy (non-hydrogen) atoms. The summed E-state index contributed by atoms with van der Waals surface area (Å²) in [6.45, 7) is 6.37. The van der Waals surface area contributed by atoms with E-state index in [2.05, 4.69) is 21.2 Å². The summed E-state index contributed by atoms with van der Waals surface area (Å²) in [5.74, 6) is -0.855. The number of hydrogen-bond donors (Lipinski definition) is 1. The zero-order valence-corrected chi connectivity index (χ0v) is 15.6. The Hall–Kier alpha value is -1.63. The lowest BCUT2D eigenvalue weighted by molar-refractivity contribution is -0.121. The summed E-state index contributed by atoms with van der Waals surface area (Å²) >= 11 is 3.19. The molecule has 2 rings (SSSR count). The second-order valence-electron chi connectivity index (χ2n) is 5.83. The maximum Gasteiger partial charge on any atom is 0.319 e. The Morgan fingerprint density at radius 1 is 1.29 bits per heavy atom. The van der Waals surface area contributed by atoms with Crippen molar-refractivity contribution in [1.29, 1.82) is 0 Å². The summed E-state index contributed by atoms with van der Waals surface area (Å²) in [5.41, 5.74) is 0.185. The lowest BCUT2D eigenvalue weighted by Crippen LogP contribution is -2.47. The zero-order valence-electron chi connectivity index (χ0n) is 14.0. The van der Waals surface area contributed by atoms with E-state index in [4.69, 9.17) is 0 Å². The van der Waals surface area contributed by atoms with E-state index < -0.39 is 5.82 Å². The largest absolute Gasteiger partial charge is 0.325 e. The van der Waals surface area contributed by atoms with Crippen LogP contribution >= 0.6 is 15.9 Å². The van der Waals surface area contributed by atoms with Crippen LogP contribution in [-0.2, 0) is 4.79 Å². The van der Waals surface area contributed by atoms with Crippen molar-refractivity contribution in [3.8, 4) is 0 Å². The Balaban J connectivity index is 1.89. The minimum Gasteiger partial charge on any atom is -0.325 e. The predicted octanol–water partition coefficient (Wildman–Crippen LogP) is 3.70. The van der Waals surface area contributed by atoms with Gasteiger partial charge in [0, 0.05) is 36.6 Å². The van der Waals surface area contributed by atoms with Gasteiger partial charge >= 0.3 is 6.03 Å². The fourth-order valence-corrected chi connectivity index (χ4v) is 3.19. The molecule has 1 aliphatic rings. The van der Waals surface area contributed by atoms with Crippen LogP contribution in [0.15, 0.2) is 22.7 Å². The quantitative estimate of drug-likeness (QED) is 0.838. The first-order chi connectivity index (χ1) is 11.5. The number of carbonyl (C=O) groups excluding carboxylic acids is 2. The maximum absolute atomic E-state index is 13.8. The third kappa shape index (κ3) is 4.47. The zero-order chi connectivity index (χ0) is 17.7. The molecule has 7 heteroatoms. The van der Waals surface area contributed by atoms with Crippen molar-refractivity contribution in [2.45, 2.75) is 26.7 Å². The SMILES string of the molecule is CCN(CC)C(=O)N1CCC(C(=O)Nc2ccc(Br)cc2F)CC1. The van der Waals surface area contributed by atoms with Gasteiger partial charge in [0.2, 0.25) is 5.91 Å². The van der Waals surface area contributed by atoms with Gasteiger partial charge in [-0.1, -0.05) is 15.9 Å². The second-order valence-corrected chi connectivity index (χ2v) is 6.75. The van der Waals surface area contributed by atoms with E-state index in [-0.39, 0.29) is 23.5 Å². The number of likely N-dealkylation sites (tertiary alicyclic amines) is 1. The van der Waals surface area contributed by atoms with Crippen molar-refractivity contribution in [2.24, 2.45) is 5.92 Å². The minimum atomic E-state index is -0.466. The molecule has 1 saturated heterocycles. The van der Waals surface area contributed by atoms with Crippen molar-refractivity contribution in [1.82, 2.24) is 9.80 Å².